The number of benzene rings is 2. The molecular formula is C29H30N2O6S3. The summed E-state index contributed by atoms with van der Waals surface area (Å²) in [6, 6.07) is 17.3. The molecule has 0 spiro atoms. The van der Waals surface area contributed by atoms with E-state index in [-0.39, 0.29) is 32.8 Å². The molecule has 8 nitrogen and oxygen atoms in total. The Morgan fingerprint density at radius 1 is 1.02 bits per heavy atom. The summed E-state index contributed by atoms with van der Waals surface area (Å²) >= 11 is -1.32. The summed E-state index contributed by atoms with van der Waals surface area (Å²) in [7, 11) is -8.53. The van der Waals surface area contributed by atoms with Gasteiger partial charge >= 0.3 is 10.1 Å². The van der Waals surface area contributed by atoms with Gasteiger partial charge in [0.15, 0.2) is 16.3 Å². The van der Waals surface area contributed by atoms with Crippen molar-refractivity contribution in [3.05, 3.63) is 90.3 Å². The van der Waals surface area contributed by atoms with E-state index in [1.165, 1.54) is 30.5 Å². The first kappa shape index (κ1) is 28.4. The second-order valence-corrected chi connectivity index (χ2v) is 14.8. The molecule has 1 aliphatic rings. The maximum Gasteiger partial charge on any atom is 0.339 e. The Bertz CT molecular complexity index is 1760. The van der Waals surface area contributed by atoms with Crippen LogP contribution in [0.5, 0.6) is 0 Å². The zero-order valence-corrected chi connectivity index (χ0v) is 24.6. The van der Waals surface area contributed by atoms with Gasteiger partial charge in [0.25, 0.3) is 10.0 Å². The van der Waals surface area contributed by atoms with Crippen LogP contribution in [-0.2, 0) is 35.5 Å². The fraction of sp³-hybridized carbons (Fsp3) is 0.276. The van der Waals surface area contributed by atoms with Crippen LogP contribution in [0.15, 0.2) is 93.7 Å². The van der Waals surface area contributed by atoms with Crippen molar-refractivity contribution >= 4 is 48.1 Å². The van der Waals surface area contributed by atoms with E-state index >= 15 is 0 Å². The number of rotatable bonds is 9. The summed E-state index contributed by atoms with van der Waals surface area (Å²) in [5, 5.41) is 0.405. The van der Waals surface area contributed by atoms with Crippen molar-refractivity contribution in [2.75, 3.05) is 5.75 Å². The van der Waals surface area contributed by atoms with E-state index in [2.05, 4.69) is 4.98 Å². The molecule has 0 saturated heterocycles. The number of pyridine rings is 1. The minimum absolute atomic E-state index is 0.0124. The Morgan fingerprint density at radius 3 is 2.35 bits per heavy atom. The maximum absolute atomic E-state index is 14.1. The van der Waals surface area contributed by atoms with Gasteiger partial charge in [0.05, 0.1) is 11.1 Å². The Labute approximate surface area is 238 Å². The van der Waals surface area contributed by atoms with E-state index in [9.17, 15) is 21.4 Å². The summed E-state index contributed by atoms with van der Waals surface area (Å²) in [4.78, 5) is 4.82. The van der Waals surface area contributed by atoms with E-state index in [1.807, 2.05) is 6.92 Å². The Balaban J connectivity index is 1.75. The highest BCUT2D eigenvalue weighted by molar-refractivity contribution is 7.91. The van der Waals surface area contributed by atoms with Crippen molar-refractivity contribution in [3.8, 4) is 0 Å². The molecule has 40 heavy (non-hydrogen) atoms. The molecule has 1 unspecified atom stereocenters. The third kappa shape index (κ3) is 5.69. The zero-order valence-electron chi connectivity index (χ0n) is 22.2. The number of aromatic nitrogens is 2. The molecule has 1 atom stereocenters. The molecular weight excluding hydrogens is 569 g/mol. The van der Waals surface area contributed by atoms with Gasteiger partial charge in [-0.1, -0.05) is 48.7 Å². The summed E-state index contributed by atoms with van der Waals surface area (Å²) in [5.74, 6) is 0.307. The second kappa shape index (κ2) is 11.4. The molecule has 0 bridgehead atoms. The molecule has 210 valence electrons. The average molecular weight is 599 g/mol. The van der Waals surface area contributed by atoms with Crippen LogP contribution in [0.2, 0.25) is 0 Å². The Kier molecular flexibility index (Phi) is 8.10. The standard InChI is InChI=1S/C29H30N2O6S3/c1-3-38(32)24-18-23-19-27(31(29(23)30-20-24)39(33,34)25-11-5-4-6-12-25)28(17-22-9-7-8-10-22)37-40(35,36)26-15-13-21(2)14-16-26/h4-6,11-20,22H,3,7-10H2,1-2H3/b28-17-. The van der Waals surface area contributed by atoms with Crippen LogP contribution >= 0.6 is 0 Å². The van der Waals surface area contributed by atoms with Crippen LogP contribution < -0.4 is 0 Å². The van der Waals surface area contributed by atoms with Gasteiger partial charge < -0.3 is 8.74 Å². The minimum atomic E-state index is -4.30. The molecule has 1 fully saturated rings. The number of nitrogens with zero attached hydrogens (tertiary/aromatic N) is 2. The van der Waals surface area contributed by atoms with Gasteiger partial charge in [-0.3, -0.25) is 0 Å². The number of fused-ring (bicyclic) bond motifs is 1. The van der Waals surface area contributed by atoms with Crippen molar-refractivity contribution in [2.45, 2.75) is 54.2 Å². The molecule has 1 saturated carbocycles. The molecule has 0 aliphatic heterocycles. The van der Waals surface area contributed by atoms with E-state index in [4.69, 9.17) is 4.18 Å². The quantitative estimate of drug-likeness (QED) is 0.139. The lowest BCUT2D eigenvalue weighted by atomic mass is 10.1. The third-order valence-corrected chi connectivity index (χ3v) is 11.2. The molecule has 4 aromatic rings. The monoisotopic (exact) mass is 598 g/mol. The fourth-order valence-corrected chi connectivity index (χ4v) is 8.02. The number of hydrogen-bond acceptors (Lipinski definition) is 7. The van der Waals surface area contributed by atoms with Crippen molar-refractivity contribution in [3.63, 3.8) is 0 Å². The molecule has 2 aromatic carbocycles. The highest BCUT2D eigenvalue weighted by Crippen LogP contribution is 2.36. The lowest BCUT2D eigenvalue weighted by molar-refractivity contribution is 0.457. The Morgan fingerprint density at radius 2 is 1.70 bits per heavy atom. The van der Waals surface area contributed by atoms with Gasteiger partial charge in [0.1, 0.15) is 16.3 Å². The van der Waals surface area contributed by atoms with Gasteiger partial charge in [-0.15, -0.1) is 0 Å². The van der Waals surface area contributed by atoms with Crippen molar-refractivity contribution < 1.29 is 25.6 Å². The number of allylic oxidation sites excluding steroid dienone is 1. The molecule has 11 heteroatoms. The van der Waals surface area contributed by atoms with Crippen LogP contribution in [-0.4, -0.2) is 36.1 Å². The predicted octanol–water partition coefficient (Wildman–Crippen LogP) is 5.65. The SMILES string of the molecule is CC[S+]([O-])c1cnc2c(c1)cc(/C(=C/C1CCCC1)OS(=O)(=O)c1ccc(C)cc1)n2S(=O)(=O)c1ccccc1. The van der Waals surface area contributed by atoms with Gasteiger partial charge in [-0.2, -0.15) is 8.42 Å². The van der Waals surface area contributed by atoms with Gasteiger partial charge in [-0.25, -0.2) is 17.4 Å². The largest absolute Gasteiger partial charge is 0.611 e. The van der Waals surface area contributed by atoms with Crippen LogP contribution in [0.1, 0.15) is 43.9 Å². The number of hydrogen-bond donors (Lipinski definition) is 0. The van der Waals surface area contributed by atoms with Crippen molar-refractivity contribution in [1.82, 2.24) is 8.96 Å². The van der Waals surface area contributed by atoms with Gasteiger partial charge in [0.2, 0.25) is 0 Å². The summed E-state index contributed by atoms with van der Waals surface area (Å²) in [5.41, 5.74) is 1.01. The van der Waals surface area contributed by atoms with Gasteiger partial charge in [-0.05, 0) is 80.2 Å². The van der Waals surface area contributed by atoms with Crippen LogP contribution in [0.25, 0.3) is 16.8 Å². The normalized spacial score (nSPS) is 15.9. The summed E-state index contributed by atoms with van der Waals surface area (Å²) in [6.07, 6.45) is 6.75. The highest BCUT2D eigenvalue weighted by Gasteiger charge is 2.30. The van der Waals surface area contributed by atoms with E-state index in [1.54, 1.807) is 55.5 Å². The smallest absolute Gasteiger partial charge is 0.339 e. The molecule has 0 radical (unpaired) electrons. The Hall–Kier alpha value is -3.12. The molecule has 5 rings (SSSR count). The zero-order chi connectivity index (χ0) is 28.5. The molecule has 2 aromatic heterocycles. The summed E-state index contributed by atoms with van der Waals surface area (Å²) < 4.78 is 74.3. The molecule has 2 heterocycles. The predicted molar refractivity (Wildman–Crippen MR) is 155 cm³/mol. The topological polar surface area (TPSA) is 118 Å². The highest BCUT2D eigenvalue weighted by atomic mass is 32.2. The first-order valence-electron chi connectivity index (χ1n) is 13.0. The third-order valence-electron chi connectivity index (χ3n) is 6.93. The van der Waals surface area contributed by atoms with Crippen LogP contribution in [0.4, 0.5) is 0 Å². The first-order valence-corrected chi connectivity index (χ1v) is 17.2. The van der Waals surface area contributed by atoms with Crippen LogP contribution in [0, 0.1) is 12.8 Å². The minimum Gasteiger partial charge on any atom is -0.611 e. The van der Waals surface area contributed by atoms with Gasteiger partial charge in [0, 0.05) is 11.5 Å². The van der Waals surface area contributed by atoms with E-state index in [0.717, 1.165) is 35.2 Å². The first-order chi connectivity index (χ1) is 19.1. The average Bonchev–Trinajstić information content (AvgIpc) is 3.60. The van der Waals surface area contributed by atoms with E-state index < -0.39 is 31.3 Å². The van der Waals surface area contributed by atoms with Crippen molar-refractivity contribution in [2.24, 2.45) is 5.92 Å². The molecule has 1 aliphatic carbocycles. The maximum atomic E-state index is 14.1. The van der Waals surface area contributed by atoms with E-state index in [0.29, 0.717) is 16.0 Å². The molecule has 0 amide bonds. The lowest BCUT2D eigenvalue weighted by Gasteiger charge is -2.16. The fourth-order valence-electron chi connectivity index (χ4n) is 4.82. The van der Waals surface area contributed by atoms with Crippen LogP contribution in [0.3, 0.4) is 0 Å². The molecule has 0 N–H and O–H groups in total. The second-order valence-electron chi connectivity index (χ2n) is 9.76. The summed E-state index contributed by atoms with van der Waals surface area (Å²) in [6.45, 7) is 3.63. The number of aryl methyl sites for hydroxylation is 1. The lowest BCUT2D eigenvalue weighted by Crippen LogP contribution is -2.18. The van der Waals surface area contributed by atoms with Crippen molar-refractivity contribution in [1.29, 1.82) is 0 Å².